The van der Waals surface area contributed by atoms with Crippen molar-refractivity contribution in [1.29, 1.82) is 0 Å². The number of para-hydroxylation sites is 1. The number of rotatable bonds is 3. The number of nitrogens with zero attached hydrogens (tertiary/aromatic N) is 1. The molecule has 4 heteroatoms. The molecule has 0 aromatic heterocycles. The van der Waals surface area contributed by atoms with Crippen LogP contribution in [0.5, 0.6) is 0 Å². The number of amides is 2. The predicted molar refractivity (Wildman–Crippen MR) is 85.7 cm³/mol. The van der Waals surface area contributed by atoms with E-state index in [1.54, 1.807) is 11.9 Å². The van der Waals surface area contributed by atoms with E-state index in [2.05, 4.69) is 5.32 Å². The standard InChI is InChI=1S/C17H17ClN2O/c1-20(15-5-3-2-4-6-15)16(21)19-17(11-12-17)13-7-9-14(18)10-8-13/h2-10H,11-12H2,1H3,(H,19,21). The van der Waals surface area contributed by atoms with E-state index in [9.17, 15) is 4.79 Å². The molecule has 0 aliphatic heterocycles. The minimum Gasteiger partial charge on any atom is -0.328 e. The molecule has 2 amide bonds. The smallest absolute Gasteiger partial charge is 0.322 e. The van der Waals surface area contributed by atoms with Crippen molar-refractivity contribution < 1.29 is 4.79 Å². The van der Waals surface area contributed by atoms with Gasteiger partial charge < -0.3 is 5.32 Å². The molecule has 2 aromatic rings. The number of carbonyl (C=O) groups is 1. The summed E-state index contributed by atoms with van der Waals surface area (Å²) in [5.41, 5.74) is 1.76. The highest BCUT2D eigenvalue weighted by Crippen LogP contribution is 2.45. The quantitative estimate of drug-likeness (QED) is 0.906. The van der Waals surface area contributed by atoms with Crippen LogP contribution in [-0.4, -0.2) is 13.1 Å². The Hall–Kier alpha value is -2.00. The van der Waals surface area contributed by atoms with Gasteiger partial charge in [-0.1, -0.05) is 41.9 Å². The summed E-state index contributed by atoms with van der Waals surface area (Å²) in [6.45, 7) is 0. The van der Waals surface area contributed by atoms with Gasteiger partial charge in [0.2, 0.25) is 0 Å². The first-order chi connectivity index (χ1) is 10.1. The Labute approximate surface area is 129 Å². The molecule has 0 bridgehead atoms. The van der Waals surface area contributed by atoms with Gasteiger partial charge in [0, 0.05) is 17.8 Å². The van der Waals surface area contributed by atoms with Crippen LogP contribution in [0.25, 0.3) is 0 Å². The average Bonchev–Trinajstić information content (AvgIpc) is 3.28. The Balaban J connectivity index is 1.74. The number of nitrogens with one attached hydrogen (secondary N) is 1. The lowest BCUT2D eigenvalue weighted by molar-refractivity contribution is 0.242. The summed E-state index contributed by atoms with van der Waals surface area (Å²) in [6, 6.07) is 17.2. The average molecular weight is 301 g/mol. The highest BCUT2D eigenvalue weighted by atomic mass is 35.5. The summed E-state index contributed by atoms with van der Waals surface area (Å²) in [5.74, 6) is 0. The molecule has 0 atom stereocenters. The Morgan fingerprint density at radius 2 is 1.71 bits per heavy atom. The number of halogens is 1. The fourth-order valence-corrected chi connectivity index (χ4v) is 2.56. The number of carbonyl (C=O) groups excluding carboxylic acids is 1. The molecule has 1 fully saturated rings. The number of hydrogen-bond donors (Lipinski definition) is 1. The maximum atomic E-state index is 12.4. The number of anilines is 1. The van der Waals surface area contributed by atoms with Crippen molar-refractivity contribution in [3.63, 3.8) is 0 Å². The fraction of sp³-hybridized carbons (Fsp3) is 0.235. The van der Waals surface area contributed by atoms with Crippen molar-refractivity contribution >= 4 is 23.3 Å². The zero-order valence-corrected chi connectivity index (χ0v) is 12.6. The first-order valence-electron chi connectivity index (χ1n) is 6.98. The van der Waals surface area contributed by atoms with Crippen LogP contribution in [-0.2, 0) is 5.54 Å². The van der Waals surface area contributed by atoms with Crippen molar-refractivity contribution in [3.8, 4) is 0 Å². The molecule has 1 aliphatic rings. The molecule has 0 radical (unpaired) electrons. The molecule has 0 unspecified atom stereocenters. The third-order valence-electron chi connectivity index (χ3n) is 3.94. The summed E-state index contributed by atoms with van der Waals surface area (Å²) in [5, 5.41) is 3.86. The third-order valence-corrected chi connectivity index (χ3v) is 4.19. The molecule has 1 N–H and O–H groups in total. The van der Waals surface area contributed by atoms with Crippen LogP contribution < -0.4 is 10.2 Å². The first-order valence-corrected chi connectivity index (χ1v) is 7.35. The summed E-state index contributed by atoms with van der Waals surface area (Å²) in [4.78, 5) is 14.1. The van der Waals surface area contributed by atoms with Gasteiger partial charge in [-0.2, -0.15) is 0 Å². The van der Waals surface area contributed by atoms with Crippen molar-refractivity contribution in [2.45, 2.75) is 18.4 Å². The lowest BCUT2D eigenvalue weighted by Crippen LogP contribution is -2.43. The first kappa shape index (κ1) is 14.0. The van der Waals surface area contributed by atoms with Gasteiger partial charge >= 0.3 is 6.03 Å². The Morgan fingerprint density at radius 1 is 1.10 bits per heavy atom. The second-order valence-corrected chi connectivity index (χ2v) is 5.85. The minimum atomic E-state index is -0.231. The largest absolute Gasteiger partial charge is 0.328 e. The lowest BCUT2D eigenvalue weighted by Gasteiger charge is -2.24. The van der Waals surface area contributed by atoms with E-state index in [1.165, 1.54) is 0 Å². The molecule has 0 saturated heterocycles. The third kappa shape index (κ3) is 2.88. The molecule has 3 rings (SSSR count). The van der Waals surface area contributed by atoms with Gasteiger partial charge in [0.15, 0.2) is 0 Å². The van der Waals surface area contributed by atoms with Gasteiger partial charge in [0.05, 0.1) is 5.54 Å². The van der Waals surface area contributed by atoms with Gasteiger partial charge in [-0.05, 0) is 42.7 Å². The SMILES string of the molecule is CN(C(=O)NC1(c2ccc(Cl)cc2)CC1)c1ccccc1. The number of hydrogen-bond acceptors (Lipinski definition) is 1. The van der Waals surface area contributed by atoms with Crippen molar-refractivity contribution in [1.82, 2.24) is 5.32 Å². The Kier molecular flexibility index (Phi) is 3.60. The molecule has 1 aliphatic carbocycles. The Bertz CT molecular complexity index is 636. The van der Waals surface area contributed by atoms with Crippen molar-refractivity contribution in [3.05, 3.63) is 65.2 Å². The van der Waals surface area contributed by atoms with Crippen LogP contribution in [0.2, 0.25) is 5.02 Å². The van der Waals surface area contributed by atoms with Crippen molar-refractivity contribution in [2.75, 3.05) is 11.9 Å². The molecule has 21 heavy (non-hydrogen) atoms. The van der Waals surface area contributed by atoms with E-state index in [0.29, 0.717) is 5.02 Å². The molecule has 0 spiro atoms. The van der Waals surface area contributed by atoms with Crippen molar-refractivity contribution in [2.24, 2.45) is 0 Å². The van der Waals surface area contributed by atoms with E-state index < -0.39 is 0 Å². The van der Waals surface area contributed by atoms with E-state index in [0.717, 1.165) is 24.1 Å². The summed E-state index contributed by atoms with van der Waals surface area (Å²) in [6.07, 6.45) is 1.92. The van der Waals surface area contributed by atoms with Gasteiger partial charge in [-0.3, -0.25) is 4.90 Å². The maximum absolute atomic E-state index is 12.4. The predicted octanol–water partition coefficient (Wildman–Crippen LogP) is 4.18. The highest BCUT2D eigenvalue weighted by Gasteiger charge is 2.46. The Morgan fingerprint density at radius 3 is 2.29 bits per heavy atom. The minimum absolute atomic E-state index is 0.0892. The number of benzene rings is 2. The van der Waals surface area contributed by atoms with E-state index in [-0.39, 0.29) is 11.6 Å². The van der Waals surface area contributed by atoms with Crippen LogP contribution in [0.1, 0.15) is 18.4 Å². The van der Waals surface area contributed by atoms with E-state index in [1.807, 2.05) is 54.6 Å². The molecule has 3 nitrogen and oxygen atoms in total. The van der Waals surface area contributed by atoms with Gasteiger partial charge in [0.1, 0.15) is 0 Å². The highest BCUT2D eigenvalue weighted by molar-refractivity contribution is 6.30. The molecular weight excluding hydrogens is 284 g/mol. The van der Waals surface area contributed by atoms with Gasteiger partial charge in [0.25, 0.3) is 0 Å². The molecular formula is C17H17ClN2O. The zero-order chi connectivity index (χ0) is 14.9. The lowest BCUT2D eigenvalue weighted by atomic mass is 10.1. The normalized spacial score (nSPS) is 15.3. The van der Waals surface area contributed by atoms with Gasteiger partial charge in [-0.25, -0.2) is 4.79 Å². The maximum Gasteiger partial charge on any atom is 0.322 e. The van der Waals surface area contributed by atoms with Crippen LogP contribution in [0.4, 0.5) is 10.5 Å². The van der Waals surface area contributed by atoms with Crippen LogP contribution in [0.15, 0.2) is 54.6 Å². The van der Waals surface area contributed by atoms with Gasteiger partial charge in [-0.15, -0.1) is 0 Å². The molecule has 1 saturated carbocycles. The molecule has 108 valence electrons. The second-order valence-electron chi connectivity index (χ2n) is 5.41. The summed E-state index contributed by atoms with van der Waals surface area (Å²) < 4.78 is 0. The van der Waals surface area contributed by atoms with Crippen LogP contribution >= 0.6 is 11.6 Å². The monoisotopic (exact) mass is 300 g/mol. The summed E-state index contributed by atoms with van der Waals surface area (Å²) in [7, 11) is 1.78. The molecule has 0 heterocycles. The summed E-state index contributed by atoms with van der Waals surface area (Å²) >= 11 is 5.92. The number of urea groups is 1. The van der Waals surface area contributed by atoms with E-state index >= 15 is 0 Å². The fourth-order valence-electron chi connectivity index (χ4n) is 2.44. The second kappa shape index (κ2) is 5.41. The molecule has 2 aromatic carbocycles. The van der Waals surface area contributed by atoms with Crippen LogP contribution in [0.3, 0.4) is 0 Å². The van der Waals surface area contributed by atoms with E-state index in [4.69, 9.17) is 11.6 Å². The zero-order valence-electron chi connectivity index (χ0n) is 11.8. The topological polar surface area (TPSA) is 32.3 Å². The van der Waals surface area contributed by atoms with Crippen LogP contribution in [0, 0.1) is 0 Å².